The molecule has 0 heterocycles. The van der Waals surface area contributed by atoms with E-state index in [1.54, 1.807) is 0 Å². The van der Waals surface area contributed by atoms with Gasteiger partial charge in [0.15, 0.2) is 0 Å². The maximum Gasteiger partial charge on any atom is 0.306 e. The largest absolute Gasteiger partial charge is 0.460 e. The second-order valence-corrected chi connectivity index (χ2v) is 5.76. The van der Waals surface area contributed by atoms with Crippen molar-refractivity contribution >= 4 is 5.97 Å². The van der Waals surface area contributed by atoms with Gasteiger partial charge in [-0.05, 0) is 38.5 Å². The van der Waals surface area contributed by atoms with E-state index in [2.05, 4.69) is 13.8 Å². The minimum Gasteiger partial charge on any atom is -0.460 e. The van der Waals surface area contributed by atoms with Gasteiger partial charge in [-0.15, -0.1) is 0 Å². The fourth-order valence-electron chi connectivity index (χ4n) is 1.89. The van der Waals surface area contributed by atoms with Crippen LogP contribution < -0.4 is 0 Å². The summed E-state index contributed by atoms with van der Waals surface area (Å²) in [5, 5.41) is 9.21. The highest BCUT2D eigenvalue weighted by Gasteiger charge is 2.23. The number of aliphatic hydroxyl groups is 1. The second-order valence-electron chi connectivity index (χ2n) is 5.76. The first-order valence-corrected chi connectivity index (χ1v) is 7.21. The lowest BCUT2D eigenvalue weighted by atomic mass is 9.89. The summed E-state index contributed by atoms with van der Waals surface area (Å²) in [6, 6.07) is 0. The fourth-order valence-corrected chi connectivity index (χ4v) is 1.89. The predicted molar refractivity (Wildman–Crippen MR) is 74.3 cm³/mol. The van der Waals surface area contributed by atoms with Crippen molar-refractivity contribution in [2.45, 2.75) is 72.3 Å². The van der Waals surface area contributed by atoms with Gasteiger partial charge in [0.25, 0.3) is 0 Å². The van der Waals surface area contributed by atoms with Gasteiger partial charge in [-0.1, -0.05) is 33.6 Å². The molecule has 0 aliphatic rings. The molecule has 0 spiro atoms. The van der Waals surface area contributed by atoms with E-state index in [9.17, 15) is 9.90 Å². The highest BCUT2D eigenvalue weighted by Crippen LogP contribution is 2.23. The lowest BCUT2D eigenvalue weighted by Gasteiger charge is -2.25. The van der Waals surface area contributed by atoms with Crippen molar-refractivity contribution in [1.82, 2.24) is 0 Å². The van der Waals surface area contributed by atoms with Crippen molar-refractivity contribution in [3.05, 3.63) is 0 Å². The molecule has 0 saturated heterocycles. The number of carbonyl (C=O) groups is 1. The van der Waals surface area contributed by atoms with Crippen molar-refractivity contribution in [2.24, 2.45) is 11.8 Å². The second kappa shape index (κ2) is 8.52. The number of esters is 1. The number of hydrogen-bond donors (Lipinski definition) is 1. The molecule has 0 bridgehead atoms. The van der Waals surface area contributed by atoms with Crippen LogP contribution >= 0.6 is 0 Å². The summed E-state index contributed by atoms with van der Waals surface area (Å²) in [6.45, 7) is 10.3. The van der Waals surface area contributed by atoms with E-state index in [0.717, 1.165) is 25.7 Å². The molecule has 1 N–H and O–H groups in total. The quantitative estimate of drug-likeness (QED) is 0.643. The maximum atomic E-state index is 11.9. The van der Waals surface area contributed by atoms with Gasteiger partial charge in [-0.2, -0.15) is 0 Å². The van der Waals surface area contributed by atoms with Gasteiger partial charge in [0.05, 0.1) is 0 Å². The van der Waals surface area contributed by atoms with Crippen LogP contribution in [0, 0.1) is 11.8 Å². The number of rotatable bonds is 9. The van der Waals surface area contributed by atoms with E-state index in [4.69, 9.17) is 4.74 Å². The highest BCUT2D eigenvalue weighted by molar-refractivity contribution is 5.70. The molecule has 0 amide bonds. The topological polar surface area (TPSA) is 46.5 Å². The molecule has 0 aromatic carbocycles. The molecule has 2 atom stereocenters. The van der Waals surface area contributed by atoms with Crippen molar-refractivity contribution in [2.75, 3.05) is 6.61 Å². The van der Waals surface area contributed by atoms with Crippen molar-refractivity contribution in [3.8, 4) is 0 Å². The number of hydrogen-bond acceptors (Lipinski definition) is 3. The molecule has 0 aromatic rings. The average molecular weight is 258 g/mol. The number of aliphatic hydroxyl groups excluding tert-OH is 1. The van der Waals surface area contributed by atoms with E-state index in [0.29, 0.717) is 18.3 Å². The third-order valence-electron chi connectivity index (χ3n) is 3.78. The highest BCUT2D eigenvalue weighted by atomic mass is 16.6. The summed E-state index contributed by atoms with van der Waals surface area (Å²) in [4.78, 5) is 11.9. The Labute approximate surface area is 112 Å². The molecule has 0 fully saturated rings. The first-order chi connectivity index (χ1) is 8.38. The van der Waals surface area contributed by atoms with E-state index in [1.807, 2.05) is 20.8 Å². The summed E-state index contributed by atoms with van der Waals surface area (Å²) >= 11 is 0. The predicted octanol–water partition coefficient (Wildman–Crippen LogP) is 3.54. The van der Waals surface area contributed by atoms with Crippen LogP contribution in [-0.4, -0.2) is 23.3 Å². The van der Waals surface area contributed by atoms with Gasteiger partial charge in [0.2, 0.25) is 0 Å². The Hall–Kier alpha value is -0.570. The van der Waals surface area contributed by atoms with Gasteiger partial charge in [-0.3, -0.25) is 4.79 Å². The smallest absolute Gasteiger partial charge is 0.306 e. The van der Waals surface area contributed by atoms with Crippen LogP contribution in [0.4, 0.5) is 0 Å². The van der Waals surface area contributed by atoms with Crippen LogP contribution in [-0.2, 0) is 9.53 Å². The molecule has 18 heavy (non-hydrogen) atoms. The van der Waals surface area contributed by atoms with E-state index < -0.39 is 0 Å². The summed E-state index contributed by atoms with van der Waals surface area (Å²) < 4.78 is 5.47. The number of carbonyl (C=O) groups excluding carboxylic acids is 1. The lowest BCUT2D eigenvalue weighted by molar-refractivity contribution is -0.158. The van der Waals surface area contributed by atoms with Gasteiger partial charge >= 0.3 is 5.97 Å². The zero-order valence-electron chi connectivity index (χ0n) is 12.7. The average Bonchev–Trinajstić information content (AvgIpc) is 2.33. The molecule has 0 aliphatic heterocycles. The molecule has 108 valence electrons. The van der Waals surface area contributed by atoms with Crippen LogP contribution in [0.5, 0.6) is 0 Å². The SMILES string of the molecule is CC[C@H](CO)C[C@@H](CC)CC(=O)OC(C)(C)CC. The van der Waals surface area contributed by atoms with E-state index >= 15 is 0 Å². The molecule has 0 saturated carbocycles. The Kier molecular flexibility index (Phi) is 8.25. The Bertz CT molecular complexity index is 232. The van der Waals surface area contributed by atoms with Crippen LogP contribution in [0.3, 0.4) is 0 Å². The molecule has 3 nitrogen and oxygen atoms in total. The molecule has 0 unspecified atom stereocenters. The summed E-state index contributed by atoms with van der Waals surface area (Å²) in [5.41, 5.74) is -0.365. The maximum absolute atomic E-state index is 11.9. The molecule has 0 radical (unpaired) electrons. The molecule has 0 rings (SSSR count). The normalized spacial score (nSPS) is 15.2. The Balaban J connectivity index is 4.24. The molecular formula is C15H30O3. The third kappa shape index (κ3) is 7.00. The molecule has 0 aromatic heterocycles. The minimum atomic E-state index is -0.365. The Morgan fingerprint density at radius 1 is 1.17 bits per heavy atom. The van der Waals surface area contributed by atoms with Gasteiger partial charge < -0.3 is 9.84 Å². The van der Waals surface area contributed by atoms with Crippen LogP contribution in [0.15, 0.2) is 0 Å². The molecule has 0 aliphatic carbocycles. The van der Waals surface area contributed by atoms with Crippen molar-refractivity contribution < 1.29 is 14.6 Å². The van der Waals surface area contributed by atoms with E-state index in [1.165, 1.54) is 0 Å². The summed E-state index contributed by atoms with van der Waals surface area (Å²) in [7, 11) is 0. The van der Waals surface area contributed by atoms with Gasteiger partial charge in [0.1, 0.15) is 5.60 Å². The lowest BCUT2D eigenvalue weighted by Crippen LogP contribution is -2.28. The third-order valence-corrected chi connectivity index (χ3v) is 3.78. The molecule has 3 heteroatoms. The minimum absolute atomic E-state index is 0.110. The van der Waals surface area contributed by atoms with Gasteiger partial charge in [-0.25, -0.2) is 0 Å². The van der Waals surface area contributed by atoms with Crippen LogP contribution in [0.1, 0.15) is 66.7 Å². The number of ether oxygens (including phenoxy) is 1. The monoisotopic (exact) mass is 258 g/mol. The van der Waals surface area contributed by atoms with Crippen molar-refractivity contribution in [1.29, 1.82) is 0 Å². The Morgan fingerprint density at radius 2 is 1.72 bits per heavy atom. The zero-order chi connectivity index (χ0) is 14.2. The van der Waals surface area contributed by atoms with Crippen molar-refractivity contribution in [3.63, 3.8) is 0 Å². The summed E-state index contributed by atoms with van der Waals surface area (Å²) in [6.07, 6.45) is 4.12. The standard InChI is InChI=1S/C15H30O3/c1-6-12(9-13(7-2)11-16)10-14(17)18-15(4,5)8-3/h12-13,16H,6-11H2,1-5H3/t12-,13+/m1/s1. The van der Waals surface area contributed by atoms with Gasteiger partial charge in [0, 0.05) is 13.0 Å². The fraction of sp³-hybridized carbons (Fsp3) is 0.933. The first-order valence-electron chi connectivity index (χ1n) is 7.21. The molecular weight excluding hydrogens is 228 g/mol. The summed E-state index contributed by atoms with van der Waals surface area (Å²) in [5.74, 6) is 0.519. The van der Waals surface area contributed by atoms with Crippen LogP contribution in [0.2, 0.25) is 0 Å². The Morgan fingerprint density at radius 3 is 2.11 bits per heavy atom. The zero-order valence-corrected chi connectivity index (χ0v) is 12.7. The van der Waals surface area contributed by atoms with E-state index in [-0.39, 0.29) is 18.2 Å². The first kappa shape index (κ1) is 17.4. The van der Waals surface area contributed by atoms with Crippen LogP contribution in [0.25, 0.3) is 0 Å².